The number of hydrazine groups is 1. The van der Waals surface area contributed by atoms with E-state index in [1.807, 2.05) is 66.7 Å². The zero-order chi connectivity index (χ0) is 19.2. The van der Waals surface area contributed by atoms with Crippen LogP contribution in [0.15, 0.2) is 71.2 Å². The van der Waals surface area contributed by atoms with Crippen molar-refractivity contribution in [1.29, 1.82) is 0 Å². The van der Waals surface area contributed by atoms with Gasteiger partial charge in [0.1, 0.15) is 5.75 Å². The lowest BCUT2D eigenvalue weighted by molar-refractivity contribution is -0.132. The van der Waals surface area contributed by atoms with Gasteiger partial charge in [0, 0.05) is 4.47 Å². The summed E-state index contributed by atoms with van der Waals surface area (Å²) in [5.41, 5.74) is 5.66. The average Bonchev–Trinajstić information content (AvgIpc) is 2.67. The maximum atomic E-state index is 12.2. The standard InChI is InChI=1S/C21H19BrN2O3/c1-14(27-19-11-8-16-4-2-3-5-17(16)13-19)21(26)24-23-20(25)12-15-6-9-18(22)10-7-15/h2-11,13-14H,12H2,1H3,(H,23,25)(H,24,26). The van der Waals surface area contributed by atoms with E-state index in [4.69, 9.17) is 4.74 Å². The van der Waals surface area contributed by atoms with E-state index in [1.54, 1.807) is 6.92 Å². The molecule has 0 saturated heterocycles. The molecule has 0 fully saturated rings. The predicted molar refractivity (Wildman–Crippen MR) is 108 cm³/mol. The molecule has 0 saturated carbocycles. The number of nitrogens with one attached hydrogen (secondary N) is 2. The molecule has 0 aliphatic heterocycles. The number of amides is 2. The van der Waals surface area contributed by atoms with E-state index in [9.17, 15) is 9.59 Å². The van der Waals surface area contributed by atoms with Gasteiger partial charge in [0.15, 0.2) is 6.10 Å². The van der Waals surface area contributed by atoms with Crippen molar-refractivity contribution in [3.8, 4) is 5.75 Å². The Hall–Kier alpha value is -2.86. The molecule has 27 heavy (non-hydrogen) atoms. The van der Waals surface area contributed by atoms with Crippen molar-refractivity contribution in [2.24, 2.45) is 0 Å². The van der Waals surface area contributed by atoms with E-state index in [1.165, 1.54) is 0 Å². The van der Waals surface area contributed by atoms with Crippen molar-refractivity contribution in [2.45, 2.75) is 19.4 Å². The van der Waals surface area contributed by atoms with Crippen molar-refractivity contribution in [3.05, 3.63) is 76.8 Å². The molecule has 0 spiro atoms. The maximum absolute atomic E-state index is 12.2. The molecule has 3 aromatic rings. The summed E-state index contributed by atoms with van der Waals surface area (Å²) in [6.07, 6.45) is -0.577. The highest BCUT2D eigenvalue weighted by Crippen LogP contribution is 2.21. The monoisotopic (exact) mass is 426 g/mol. The van der Waals surface area contributed by atoms with Gasteiger partial charge in [-0.05, 0) is 47.5 Å². The van der Waals surface area contributed by atoms with Gasteiger partial charge in [-0.3, -0.25) is 20.4 Å². The molecule has 3 aromatic carbocycles. The number of carbonyl (C=O) groups is 2. The van der Waals surface area contributed by atoms with Crippen LogP contribution < -0.4 is 15.6 Å². The van der Waals surface area contributed by atoms with Crippen LogP contribution in [0.3, 0.4) is 0 Å². The fourth-order valence-electron chi connectivity index (χ4n) is 2.56. The fraction of sp³-hybridized carbons (Fsp3) is 0.143. The zero-order valence-corrected chi connectivity index (χ0v) is 16.3. The molecule has 2 N–H and O–H groups in total. The number of halogens is 1. The minimum atomic E-state index is -0.751. The molecule has 2 amide bonds. The Morgan fingerprint density at radius 2 is 1.67 bits per heavy atom. The van der Waals surface area contributed by atoms with E-state index < -0.39 is 12.0 Å². The summed E-state index contributed by atoms with van der Waals surface area (Å²) in [6, 6.07) is 21.0. The Labute approximate surface area is 165 Å². The number of benzene rings is 3. The SMILES string of the molecule is CC(Oc1ccc2ccccc2c1)C(=O)NNC(=O)Cc1ccc(Br)cc1. The van der Waals surface area contributed by atoms with Crippen LogP contribution in [0.25, 0.3) is 10.8 Å². The lowest BCUT2D eigenvalue weighted by Gasteiger charge is -2.15. The molecule has 1 unspecified atom stereocenters. The molecule has 0 aliphatic carbocycles. The lowest BCUT2D eigenvalue weighted by Crippen LogP contribution is -2.47. The summed E-state index contributed by atoms with van der Waals surface area (Å²) in [4.78, 5) is 24.1. The second kappa shape index (κ2) is 8.68. The number of hydrogen-bond donors (Lipinski definition) is 2. The van der Waals surface area contributed by atoms with E-state index >= 15 is 0 Å². The third-order valence-corrected chi connectivity index (χ3v) is 4.53. The van der Waals surface area contributed by atoms with Crippen LogP contribution in [0.1, 0.15) is 12.5 Å². The largest absolute Gasteiger partial charge is 0.481 e. The zero-order valence-electron chi connectivity index (χ0n) is 14.7. The van der Waals surface area contributed by atoms with Crippen molar-refractivity contribution < 1.29 is 14.3 Å². The molecular formula is C21H19BrN2O3. The highest BCUT2D eigenvalue weighted by Gasteiger charge is 2.15. The predicted octanol–water partition coefficient (Wildman–Crippen LogP) is 3.76. The van der Waals surface area contributed by atoms with Gasteiger partial charge in [0.05, 0.1) is 6.42 Å². The second-order valence-corrected chi connectivity index (χ2v) is 7.03. The minimum absolute atomic E-state index is 0.174. The number of hydrogen-bond acceptors (Lipinski definition) is 3. The topological polar surface area (TPSA) is 67.4 Å². The van der Waals surface area contributed by atoms with E-state index in [2.05, 4.69) is 26.8 Å². The van der Waals surface area contributed by atoms with E-state index in [0.29, 0.717) is 5.75 Å². The molecule has 1 atom stereocenters. The van der Waals surface area contributed by atoms with E-state index in [0.717, 1.165) is 20.8 Å². The van der Waals surface area contributed by atoms with Gasteiger partial charge >= 0.3 is 0 Å². The summed E-state index contributed by atoms with van der Waals surface area (Å²) >= 11 is 3.35. The molecule has 3 rings (SSSR count). The smallest absolute Gasteiger partial charge is 0.279 e. The van der Waals surface area contributed by atoms with Crippen molar-refractivity contribution in [2.75, 3.05) is 0 Å². The van der Waals surface area contributed by atoms with Gasteiger partial charge in [0.2, 0.25) is 5.91 Å². The van der Waals surface area contributed by atoms with Crippen LogP contribution in [0.2, 0.25) is 0 Å². The lowest BCUT2D eigenvalue weighted by atomic mass is 10.1. The molecule has 0 bridgehead atoms. The first-order valence-electron chi connectivity index (χ1n) is 8.50. The molecule has 0 aromatic heterocycles. The molecule has 5 nitrogen and oxygen atoms in total. The van der Waals surface area contributed by atoms with Crippen molar-refractivity contribution in [1.82, 2.24) is 10.9 Å². The third-order valence-electron chi connectivity index (χ3n) is 4.01. The number of carbonyl (C=O) groups excluding carboxylic acids is 2. The van der Waals surface area contributed by atoms with Gasteiger partial charge in [-0.25, -0.2) is 0 Å². The van der Waals surface area contributed by atoms with Gasteiger partial charge in [-0.2, -0.15) is 0 Å². The normalized spacial score (nSPS) is 11.6. The summed E-state index contributed by atoms with van der Waals surface area (Å²) in [7, 11) is 0. The molecule has 0 radical (unpaired) electrons. The van der Waals surface area contributed by atoms with Crippen molar-refractivity contribution in [3.63, 3.8) is 0 Å². The number of ether oxygens (including phenoxy) is 1. The Morgan fingerprint density at radius 3 is 2.41 bits per heavy atom. The Kier molecular flexibility index (Phi) is 6.08. The van der Waals surface area contributed by atoms with Crippen LogP contribution in [0, 0.1) is 0 Å². The maximum Gasteiger partial charge on any atom is 0.279 e. The van der Waals surface area contributed by atoms with Gasteiger partial charge < -0.3 is 4.74 Å². The van der Waals surface area contributed by atoms with Gasteiger partial charge in [-0.1, -0.05) is 58.4 Å². The summed E-state index contributed by atoms with van der Waals surface area (Å²) in [6.45, 7) is 1.63. The highest BCUT2D eigenvalue weighted by atomic mass is 79.9. The average molecular weight is 427 g/mol. The first-order valence-corrected chi connectivity index (χ1v) is 9.29. The van der Waals surface area contributed by atoms with Gasteiger partial charge in [-0.15, -0.1) is 0 Å². The first kappa shape index (κ1) is 18.9. The van der Waals surface area contributed by atoms with Crippen LogP contribution >= 0.6 is 15.9 Å². The Bertz CT molecular complexity index is 957. The molecule has 138 valence electrons. The highest BCUT2D eigenvalue weighted by molar-refractivity contribution is 9.10. The Morgan fingerprint density at radius 1 is 0.963 bits per heavy atom. The van der Waals surface area contributed by atoms with Crippen LogP contribution in [-0.4, -0.2) is 17.9 Å². The van der Waals surface area contributed by atoms with Crippen LogP contribution in [-0.2, 0) is 16.0 Å². The summed E-state index contributed by atoms with van der Waals surface area (Å²) in [5.74, 6) is -0.131. The van der Waals surface area contributed by atoms with E-state index in [-0.39, 0.29) is 12.3 Å². The summed E-state index contributed by atoms with van der Waals surface area (Å²) < 4.78 is 6.62. The molecule has 0 heterocycles. The quantitative estimate of drug-likeness (QED) is 0.610. The second-order valence-electron chi connectivity index (χ2n) is 6.11. The Balaban J connectivity index is 1.50. The number of fused-ring (bicyclic) bond motifs is 1. The first-order chi connectivity index (χ1) is 13.0. The fourth-order valence-corrected chi connectivity index (χ4v) is 2.83. The minimum Gasteiger partial charge on any atom is -0.481 e. The molecule has 0 aliphatic rings. The third kappa shape index (κ3) is 5.31. The van der Waals surface area contributed by atoms with Gasteiger partial charge in [0.25, 0.3) is 5.91 Å². The van der Waals surface area contributed by atoms with Crippen LogP contribution in [0.5, 0.6) is 5.75 Å². The number of rotatable bonds is 5. The summed E-state index contributed by atoms with van der Waals surface area (Å²) in [5, 5.41) is 2.13. The van der Waals surface area contributed by atoms with Crippen molar-refractivity contribution >= 4 is 38.5 Å². The van der Waals surface area contributed by atoms with Crippen LogP contribution in [0.4, 0.5) is 0 Å². The molecular weight excluding hydrogens is 408 g/mol. The molecule has 6 heteroatoms.